The van der Waals surface area contributed by atoms with Gasteiger partial charge in [-0.25, -0.2) is 4.68 Å². The number of nitrogens with zero attached hydrogens (tertiary/aromatic N) is 3. The third-order valence-electron chi connectivity index (χ3n) is 3.59. The molecular formula is C16H14F3N5OS. The molecule has 10 heteroatoms. The predicted molar refractivity (Wildman–Crippen MR) is 93.1 cm³/mol. The van der Waals surface area contributed by atoms with Gasteiger partial charge < -0.3 is 11.2 Å². The van der Waals surface area contributed by atoms with Gasteiger partial charge in [-0.1, -0.05) is 42.1 Å². The molecule has 136 valence electrons. The Labute approximate surface area is 150 Å². The normalized spacial score (nSPS) is 12.9. The maximum Gasteiger partial charge on any atom is 0.453 e. The van der Waals surface area contributed by atoms with E-state index in [1.807, 2.05) is 36.4 Å². The van der Waals surface area contributed by atoms with Gasteiger partial charge in [0.1, 0.15) is 0 Å². The van der Waals surface area contributed by atoms with Gasteiger partial charge in [-0.05, 0) is 29.8 Å². The van der Waals surface area contributed by atoms with Gasteiger partial charge >= 0.3 is 6.18 Å². The molecule has 26 heavy (non-hydrogen) atoms. The molecule has 3 rings (SSSR count). The van der Waals surface area contributed by atoms with E-state index >= 15 is 0 Å². The van der Waals surface area contributed by atoms with Gasteiger partial charge in [-0.2, -0.15) is 13.2 Å². The molecule has 1 aromatic heterocycles. The van der Waals surface area contributed by atoms with E-state index in [1.54, 1.807) is 13.0 Å². The topological polar surface area (TPSA) is 85.8 Å². The Hall–Kier alpha value is -2.75. The Morgan fingerprint density at radius 2 is 1.88 bits per heavy atom. The number of alkyl halides is 3. The number of carbonyl (C=O) groups is 1. The van der Waals surface area contributed by atoms with E-state index in [9.17, 15) is 18.0 Å². The molecule has 0 bridgehead atoms. The minimum absolute atomic E-state index is 0.196. The SMILES string of the molecule is CC(Sc1nnc(C(F)(F)F)n1N)C(=O)Nc1ccc2ccccc2c1. The van der Waals surface area contributed by atoms with Crippen molar-refractivity contribution in [3.63, 3.8) is 0 Å². The van der Waals surface area contributed by atoms with E-state index in [1.165, 1.54) is 0 Å². The first kappa shape index (κ1) is 18.1. The number of thioether (sulfide) groups is 1. The Kier molecular flexibility index (Phi) is 4.77. The van der Waals surface area contributed by atoms with E-state index in [0.29, 0.717) is 10.4 Å². The molecule has 0 fully saturated rings. The zero-order valence-corrected chi connectivity index (χ0v) is 14.3. The fraction of sp³-hybridized carbons (Fsp3) is 0.188. The molecule has 1 amide bonds. The number of nitrogen functional groups attached to an aromatic ring is 1. The van der Waals surface area contributed by atoms with Crippen LogP contribution in [0.3, 0.4) is 0 Å². The summed E-state index contributed by atoms with van der Waals surface area (Å²) in [7, 11) is 0. The van der Waals surface area contributed by atoms with Crippen LogP contribution in [0.1, 0.15) is 12.7 Å². The third kappa shape index (κ3) is 3.74. The van der Waals surface area contributed by atoms with Crippen LogP contribution in [-0.2, 0) is 11.0 Å². The summed E-state index contributed by atoms with van der Waals surface area (Å²) >= 11 is 0.790. The average molecular weight is 381 g/mol. The first-order valence-electron chi connectivity index (χ1n) is 7.49. The van der Waals surface area contributed by atoms with Crippen LogP contribution in [0.2, 0.25) is 0 Å². The number of hydrogen-bond donors (Lipinski definition) is 2. The first-order valence-corrected chi connectivity index (χ1v) is 8.37. The largest absolute Gasteiger partial charge is 0.453 e. The van der Waals surface area contributed by atoms with Crippen molar-refractivity contribution in [3.05, 3.63) is 48.3 Å². The molecule has 1 heterocycles. The highest BCUT2D eigenvalue weighted by atomic mass is 32.2. The summed E-state index contributed by atoms with van der Waals surface area (Å²) in [5.41, 5.74) is 0.589. The van der Waals surface area contributed by atoms with Crippen LogP contribution in [-0.4, -0.2) is 26.0 Å². The Bertz CT molecular complexity index is 956. The van der Waals surface area contributed by atoms with Gasteiger partial charge in [0.2, 0.25) is 11.1 Å². The highest BCUT2D eigenvalue weighted by molar-refractivity contribution is 8.00. The lowest BCUT2D eigenvalue weighted by Crippen LogP contribution is -2.25. The number of hydrogen-bond acceptors (Lipinski definition) is 5. The molecule has 0 aliphatic carbocycles. The molecule has 0 aliphatic rings. The van der Waals surface area contributed by atoms with Gasteiger partial charge in [0, 0.05) is 5.69 Å². The number of nitrogens with two attached hydrogens (primary N) is 1. The number of aromatic nitrogens is 3. The smallest absolute Gasteiger partial charge is 0.335 e. The fourth-order valence-corrected chi connectivity index (χ4v) is 3.04. The van der Waals surface area contributed by atoms with Gasteiger partial charge in [0.15, 0.2) is 0 Å². The van der Waals surface area contributed by atoms with Crippen molar-refractivity contribution in [1.29, 1.82) is 0 Å². The van der Waals surface area contributed by atoms with Crippen LogP contribution >= 0.6 is 11.8 Å². The van der Waals surface area contributed by atoms with E-state index in [0.717, 1.165) is 22.5 Å². The lowest BCUT2D eigenvalue weighted by molar-refractivity contribution is -0.146. The summed E-state index contributed by atoms with van der Waals surface area (Å²) in [6.07, 6.45) is -4.71. The van der Waals surface area contributed by atoms with E-state index < -0.39 is 17.3 Å². The number of halogens is 3. The second-order valence-corrected chi connectivity index (χ2v) is 6.79. The number of nitrogens with one attached hydrogen (secondary N) is 1. The summed E-state index contributed by atoms with van der Waals surface area (Å²) in [4.78, 5) is 12.3. The Morgan fingerprint density at radius 3 is 2.54 bits per heavy atom. The summed E-state index contributed by atoms with van der Waals surface area (Å²) < 4.78 is 38.4. The average Bonchev–Trinajstić information content (AvgIpc) is 2.95. The quantitative estimate of drug-likeness (QED) is 0.535. The Balaban J connectivity index is 1.70. The van der Waals surface area contributed by atoms with Crippen LogP contribution in [0.25, 0.3) is 10.8 Å². The second kappa shape index (κ2) is 6.87. The highest BCUT2D eigenvalue weighted by Gasteiger charge is 2.38. The number of amides is 1. The summed E-state index contributed by atoms with van der Waals surface area (Å²) in [6, 6.07) is 13.1. The van der Waals surface area contributed by atoms with Gasteiger partial charge in [0.25, 0.3) is 5.82 Å². The third-order valence-corrected chi connectivity index (χ3v) is 4.64. The lowest BCUT2D eigenvalue weighted by atomic mass is 10.1. The van der Waals surface area contributed by atoms with Crippen LogP contribution in [0.15, 0.2) is 47.6 Å². The van der Waals surface area contributed by atoms with E-state index in [4.69, 9.17) is 5.84 Å². The molecule has 0 radical (unpaired) electrons. The van der Waals surface area contributed by atoms with Crippen LogP contribution in [0.4, 0.5) is 18.9 Å². The molecule has 0 aliphatic heterocycles. The molecule has 0 saturated heterocycles. The van der Waals surface area contributed by atoms with Crippen LogP contribution in [0, 0.1) is 0 Å². The predicted octanol–water partition coefficient (Wildman–Crippen LogP) is 3.28. The minimum Gasteiger partial charge on any atom is -0.335 e. The van der Waals surface area contributed by atoms with Gasteiger partial charge in [0.05, 0.1) is 5.25 Å². The first-order chi connectivity index (χ1) is 12.3. The van der Waals surface area contributed by atoms with Crippen molar-refractivity contribution in [2.24, 2.45) is 0 Å². The molecule has 2 aromatic carbocycles. The zero-order valence-electron chi connectivity index (χ0n) is 13.5. The van der Waals surface area contributed by atoms with Crippen molar-refractivity contribution in [3.8, 4) is 0 Å². The maximum atomic E-state index is 12.7. The summed E-state index contributed by atoms with van der Waals surface area (Å²) in [6.45, 7) is 1.54. The summed E-state index contributed by atoms with van der Waals surface area (Å²) in [5.74, 6) is 3.67. The molecule has 0 saturated carbocycles. The van der Waals surface area contributed by atoms with Gasteiger partial charge in [-0.15, -0.1) is 10.2 Å². The van der Waals surface area contributed by atoms with Crippen molar-refractivity contribution >= 4 is 34.1 Å². The van der Waals surface area contributed by atoms with E-state index in [2.05, 4.69) is 15.5 Å². The monoisotopic (exact) mass is 381 g/mol. The standard InChI is InChI=1S/C16H14F3N5OS/c1-9(26-15-23-22-14(24(15)20)16(17,18)19)13(25)21-12-7-6-10-4-2-3-5-11(10)8-12/h2-9H,20H2,1H3,(H,21,25). The van der Waals surface area contributed by atoms with Crippen molar-refractivity contribution in [2.75, 3.05) is 11.2 Å². The Morgan fingerprint density at radius 1 is 1.19 bits per heavy atom. The zero-order chi connectivity index (χ0) is 18.9. The van der Waals surface area contributed by atoms with Crippen molar-refractivity contribution in [2.45, 2.75) is 23.5 Å². The molecule has 0 spiro atoms. The molecular weight excluding hydrogens is 367 g/mol. The molecule has 1 unspecified atom stereocenters. The number of carbonyl (C=O) groups excluding carboxylic acids is 1. The number of fused-ring (bicyclic) bond motifs is 1. The minimum atomic E-state index is -4.71. The van der Waals surface area contributed by atoms with E-state index in [-0.39, 0.29) is 11.1 Å². The fourth-order valence-electron chi connectivity index (χ4n) is 2.27. The molecule has 1 atom stereocenters. The van der Waals surface area contributed by atoms with Crippen molar-refractivity contribution in [1.82, 2.24) is 14.9 Å². The lowest BCUT2D eigenvalue weighted by Gasteiger charge is -2.12. The van der Waals surface area contributed by atoms with Crippen LogP contribution < -0.4 is 11.2 Å². The summed E-state index contributed by atoms with van der Waals surface area (Å²) in [5, 5.41) is 10.2. The van der Waals surface area contributed by atoms with Gasteiger partial charge in [-0.3, -0.25) is 4.79 Å². The molecule has 3 N–H and O–H groups in total. The number of anilines is 1. The maximum absolute atomic E-state index is 12.7. The number of benzene rings is 2. The second-order valence-electron chi connectivity index (χ2n) is 5.49. The molecule has 3 aromatic rings. The number of rotatable bonds is 4. The van der Waals surface area contributed by atoms with Crippen molar-refractivity contribution < 1.29 is 18.0 Å². The highest BCUT2D eigenvalue weighted by Crippen LogP contribution is 2.30. The van der Waals surface area contributed by atoms with Crippen LogP contribution in [0.5, 0.6) is 0 Å². The molecule has 6 nitrogen and oxygen atoms in total.